The van der Waals surface area contributed by atoms with E-state index in [-0.39, 0.29) is 11.1 Å². The van der Waals surface area contributed by atoms with Gasteiger partial charge in [-0.3, -0.25) is 4.52 Å². The van der Waals surface area contributed by atoms with E-state index in [1.165, 1.54) is 6.08 Å². The van der Waals surface area contributed by atoms with Crippen LogP contribution < -0.4 is 0 Å². The summed E-state index contributed by atoms with van der Waals surface area (Å²) in [6.07, 6.45) is 2.41. The van der Waals surface area contributed by atoms with Crippen molar-refractivity contribution in [2.45, 2.75) is 0 Å². The Balaban J connectivity index is 3.46. The van der Waals surface area contributed by atoms with E-state index in [2.05, 4.69) is 15.6 Å². The van der Waals surface area contributed by atoms with Crippen LogP contribution in [0.3, 0.4) is 0 Å². The molecule has 0 fully saturated rings. The van der Waals surface area contributed by atoms with Gasteiger partial charge < -0.3 is 4.52 Å². The summed E-state index contributed by atoms with van der Waals surface area (Å²) in [5.41, 5.74) is 0. The number of halogens is 2. The van der Waals surface area contributed by atoms with Gasteiger partial charge >= 0.3 is 8.25 Å². The van der Waals surface area contributed by atoms with E-state index >= 15 is 0 Å². The molecule has 0 aromatic heterocycles. The molecule has 0 aliphatic heterocycles. The van der Waals surface area contributed by atoms with Crippen LogP contribution in [0.25, 0.3) is 0 Å². The highest BCUT2D eigenvalue weighted by Crippen LogP contribution is 2.23. The van der Waals surface area contributed by atoms with E-state index in [4.69, 9.17) is 23.2 Å². The van der Waals surface area contributed by atoms with Crippen LogP contribution in [0.5, 0.6) is 0 Å². The average Bonchev–Trinajstić information content (AvgIpc) is 1.87. The van der Waals surface area contributed by atoms with Gasteiger partial charge in [0.1, 0.15) is 4.49 Å². The van der Waals surface area contributed by atoms with E-state index in [1.54, 1.807) is 0 Å². The lowest BCUT2D eigenvalue weighted by atomic mass is 10.7. The predicted molar refractivity (Wildman–Crippen MR) is 46.0 cm³/mol. The lowest BCUT2D eigenvalue weighted by Gasteiger charge is -1.98. The highest BCUT2D eigenvalue weighted by molar-refractivity contribution is 7.33. The molecule has 64 valence electrons. The first-order valence-electron chi connectivity index (χ1n) is 2.62. The zero-order chi connectivity index (χ0) is 8.69. The lowest BCUT2D eigenvalue weighted by Crippen LogP contribution is -1.80. The van der Waals surface area contributed by atoms with E-state index < -0.39 is 8.25 Å². The van der Waals surface area contributed by atoms with Crippen LogP contribution in [-0.2, 0) is 13.6 Å². The molecule has 11 heavy (non-hydrogen) atoms. The maximum absolute atomic E-state index is 10.6. The van der Waals surface area contributed by atoms with Gasteiger partial charge in [-0.2, -0.15) is 0 Å². The SMILES string of the molecule is C=CO[PH](=O)OCC=C(Cl)Cl. The van der Waals surface area contributed by atoms with Crippen molar-refractivity contribution in [1.29, 1.82) is 0 Å². The monoisotopic (exact) mass is 216 g/mol. The molecule has 0 aliphatic carbocycles. The normalized spacial score (nSPS) is 11.8. The summed E-state index contributed by atoms with van der Waals surface area (Å²) in [5.74, 6) is 0. The Morgan fingerprint density at radius 1 is 1.64 bits per heavy atom. The minimum atomic E-state index is -2.47. The van der Waals surface area contributed by atoms with Crippen molar-refractivity contribution in [3.05, 3.63) is 23.4 Å². The van der Waals surface area contributed by atoms with E-state index in [1.807, 2.05) is 0 Å². The fourth-order valence-electron chi connectivity index (χ4n) is 0.275. The molecule has 3 nitrogen and oxygen atoms in total. The summed E-state index contributed by atoms with van der Waals surface area (Å²) >= 11 is 10.5. The minimum absolute atomic E-state index is 0.0635. The Bertz CT molecular complexity index is 177. The highest BCUT2D eigenvalue weighted by Gasteiger charge is 1.93. The van der Waals surface area contributed by atoms with Gasteiger partial charge in [0.25, 0.3) is 0 Å². The van der Waals surface area contributed by atoms with Crippen molar-refractivity contribution in [2.75, 3.05) is 6.61 Å². The van der Waals surface area contributed by atoms with Gasteiger partial charge in [0, 0.05) is 0 Å². The number of hydrogen-bond donors (Lipinski definition) is 0. The molecule has 0 saturated heterocycles. The van der Waals surface area contributed by atoms with Crippen molar-refractivity contribution >= 4 is 31.5 Å². The summed E-state index contributed by atoms with van der Waals surface area (Å²) in [5, 5.41) is 0. The Kier molecular flexibility index (Phi) is 6.77. The lowest BCUT2D eigenvalue weighted by molar-refractivity contribution is 0.299. The third kappa shape index (κ3) is 7.95. The second-order valence-electron chi connectivity index (χ2n) is 1.34. The van der Waals surface area contributed by atoms with Gasteiger partial charge in [-0.05, 0) is 6.08 Å². The molecule has 0 aromatic carbocycles. The maximum Gasteiger partial charge on any atom is 0.367 e. The van der Waals surface area contributed by atoms with Gasteiger partial charge in [-0.15, -0.1) is 0 Å². The Hall–Kier alpha value is 0.0500. The molecule has 0 bridgehead atoms. The standard InChI is InChI=1S/C5H7Cl2O3P/c1-2-9-11(8)10-4-3-5(6)7/h2-3,11H,1,4H2. The smallest absolute Gasteiger partial charge is 0.367 e. The van der Waals surface area contributed by atoms with Crippen molar-refractivity contribution in [2.24, 2.45) is 0 Å². The van der Waals surface area contributed by atoms with Crippen LogP contribution in [-0.4, -0.2) is 6.61 Å². The van der Waals surface area contributed by atoms with Gasteiger partial charge in [-0.1, -0.05) is 29.8 Å². The Morgan fingerprint density at radius 3 is 2.73 bits per heavy atom. The topological polar surface area (TPSA) is 35.5 Å². The fraction of sp³-hybridized carbons (Fsp3) is 0.200. The molecule has 1 unspecified atom stereocenters. The van der Waals surface area contributed by atoms with Crippen LogP contribution in [0.4, 0.5) is 0 Å². The Labute approximate surface area is 75.5 Å². The molecule has 0 radical (unpaired) electrons. The van der Waals surface area contributed by atoms with Crippen LogP contribution in [0.15, 0.2) is 23.4 Å². The van der Waals surface area contributed by atoms with E-state index in [9.17, 15) is 4.57 Å². The molecular formula is C5H7Cl2O3P. The zero-order valence-corrected chi connectivity index (χ0v) is 8.06. The summed E-state index contributed by atoms with van der Waals surface area (Å²) in [6.45, 7) is 3.26. The largest absolute Gasteiger partial charge is 0.435 e. The van der Waals surface area contributed by atoms with E-state index in [0.717, 1.165) is 6.26 Å². The van der Waals surface area contributed by atoms with Crippen LogP contribution in [0.2, 0.25) is 0 Å². The van der Waals surface area contributed by atoms with Gasteiger partial charge in [-0.25, -0.2) is 4.57 Å². The average molecular weight is 217 g/mol. The second-order valence-corrected chi connectivity index (χ2v) is 3.37. The molecule has 0 rings (SSSR count). The molecule has 0 N–H and O–H groups in total. The summed E-state index contributed by atoms with van der Waals surface area (Å²) < 4.78 is 19.6. The van der Waals surface area contributed by atoms with Crippen molar-refractivity contribution < 1.29 is 13.6 Å². The van der Waals surface area contributed by atoms with Crippen LogP contribution >= 0.6 is 31.5 Å². The number of hydrogen-bond acceptors (Lipinski definition) is 3. The molecule has 6 heteroatoms. The fourth-order valence-corrected chi connectivity index (χ4v) is 0.824. The predicted octanol–water partition coefficient (Wildman–Crippen LogP) is 2.87. The molecule has 0 amide bonds. The Morgan fingerprint density at radius 2 is 2.27 bits per heavy atom. The van der Waals surface area contributed by atoms with Crippen molar-refractivity contribution in [3.63, 3.8) is 0 Å². The summed E-state index contributed by atoms with van der Waals surface area (Å²) in [6, 6.07) is 0. The first-order valence-corrected chi connectivity index (χ1v) is 4.60. The number of rotatable bonds is 5. The van der Waals surface area contributed by atoms with Crippen molar-refractivity contribution in [3.8, 4) is 0 Å². The quantitative estimate of drug-likeness (QED) is 0.524. The second kappa shape index (κ2) is 6.74. The summed E-state index contributed by atoms with van der Waals surface area (Å²) in [4.78, 5) is 0. The third-order valence-electron chi connectivity index (χ3n) is 0.618. The van der Waals surface area contributed by atoms with Gasteiger partial charge in [0.05, 0.1) is 12.9 Å². The molecular weight excluding hydrogens is 210 g/mol. The maximum atomic E-state index is 10.6. The van der Waals surface area contributed by atoms with Crippen molar-refractivity contribution in [1.82, 2.24) is 0 Å². The molecule has 0 spiro atoms. The minimum Gasteiger partial charge on any atom is -0.435 e. The third-order valence-corrected chi connectivity index (χ3v) is 1.69. The molecule has 0 aromatic rings. The first-order chi connectivity index (χ1) is 5.16. The van der Waals surface area contributed by atoms with Gasteiger partial charge in [0.15, 0.2) is 0 Å². The summed E-state index contributed by atoms with van der Waals surface area (Å²) in [7, 11) is -2.47. The molecule has 0 saturated carbocycles. The zero-order valence-electron chi connectivity index (χ0n) is 5.55. The van der Waals surface area contributed by atoms with Crippen LogP contribution in [0.1, 0.15) is 0 Å². The van der Waals surface area contributed by atoms with E-state index in [0.29, 0.717) is 0 Å². The first kappa shape index (κ1) is 11.1. The molecule has 1 atom stereocenters. The highest BCUT2D eigenvalue weighted by atomic mass is 35.5. The van der Waals surface area contributed by atoms with Gasteiger partial charge in [0.2, 0.25) is 0 Å². The molecule has 0 heterocycles. The molecule has 0 aliphatic rings. The van der Waals surface area contributed by atoms with Crippen LogP contribution in [0, 0.1) is 0 Å².